The van der Waals surface area contributed by atoms with Gasteiger partial charge in [-0.25, -0.2) is 4.98 Å². The molecule has 0 atom stereocenters. The quantitative estimate of drug-likeness (QED) is 0.795. The van der Waals surface area contributed by atoms with E-state index in [1.807, 2.05) is 36.6 Å². The van der Waals surface area contributed by atoms with Crippen LogP contribution in [0.15, 0.2) is 45.7 Å². The minimum Gasteiger partial charge on any atom is -0.497 e. The second-order valence-corrected chi connectivity index (χ2v) is 6.71. The number of thioether (sulfide) groups is 1. The second kappa shape index (κ2) is 6.55. The topological polar surface area (TPSA) is 54.8 Å². The summed E-state index contributed by atoms with van der Waals surface area (Å²) in [5.74, 6) is 0.716. The van der Waals surface area contributed by atoms with Gasteiger partial charge in [0.1, 0.15) is 5.75 Å². The zero-order chi connectivity index (χ0) is 16.4. The highest BCUT2D eigenvalue weighted by Gasteiger charge is 2.32. The van der Waals surface area contributed by atoms with Crippen molar-refractivity contribution in [2.45, 2.75) is 6.92 Å². The summed E-state index contributed by atoms with van der Waals surface area (Å²) >= 11 is 2.81. The van der Waals surface area contributed by atoms with E-state index in [9.17, 15) is 4.79 Å². The maximum absolute atomic E-state index is 12.5. The maximum Gasteiger partial charge on any atom is 0.266 e. The first-order valence-electron chi connectivity index (χ1n) is 6.89. The number of amidine groups is 1. The number of carbonyl (C=O) groups excluding carboxylic acids is 1. The smallest absolute Gasteiger partial charge is 0.266 e. The molecule has 1 amide bonds. The van der Waals surface area contributed by atoms with Crippen molar-refractivity contribution < 1.29 is 9.53 Å². The number of aliphatic imine (C=N–C) groups is 1. The minimum atomic E-state index is -0.0503. The Labute approximate surface area is 142 Å². The Kier molecular flexibility index (Phi) is 4.49. The van der Waals surface area contributed by atoms with Crippen LogP contribution in [0.4, 0.5) is 5.13 Å². The van der Waals surface area contributed by atoms with Crippen molar-refractivity contribution in [1.29, 1.82) is 0 Å². The van der Waals surface area contributed by atoms with Crippen LogP contribution in [0, 0.1) is 0 Å². The third kappa shape index (κ3) is 3.16. The van der Waals surface area contributed by atoms with E-state index in [-0.39, 0.29) is 5.91 Å². The van der Waals surface area contributed by atoms with Gasteiger partial charge in [0.25, 0.3) is 5.91 Å². The zero-order valence-corrected chi connectivity index (χ0v) is 14.6. The number of allylic oxidation sites excluding steroid dienone is 1. The third-order valence-electron chi connectivity index (χ3n) is 3.43. The monoisotopic (exact) mass is 345 g/mol. The van der Waals surface area contributed by atoms with Crippen molar-refractivity contribution in [1.82, 2.24) is 9.88 Å². The number of methoxy groups -OCH3 is 1. The number of amides is 1. The number of carbonyl (C=O) groups is 1. The molecule has 118 valence electrons. The van der Waals surface area contributed by atoms with Gasteiger partial charge in [-0.3, -0.25) is 9.69 Å². The van der Waals surface area contributed by atoms with Gasteiger partial charge in [0.05, 0.1) is 12.0 Å². The van der Waals surface area contributed by atoms with Crippen LogP contribution in [0.25, 0.3) is 5.57 Å². The van der Waals surface area contributed by atoms with Gasteiger partial charge in [0.2, 0.25) is 5.13 Å². The lowest BCUT2D eigenvalue weighted by atomic mass is 10.1. The Hall–Kier alpha value is -2.12. The van der Waals surface area contributed by atoms with Gasteiger partial charge in [0.15, 0.2) is 5.17 Å². The maximum atomic E-state index is 12.5. The lowest BCUT2D eigenvalue weighted by Crippen LogP contribution is -2.23. The van der Waals surface area contributed by atoms with E-state index in [1.54, 1.807) is 25.3 Å². The Morgan fingerprint density at radius 3 is 2.91 bits per heavy atom. The Bertz CT molecular complexity index is 797. The number of likely N-dealkylation sites (N-methyl/N-ethyl adjacent to an activating group) is 1. The Balaban J connectivity index is 1.97. The molecule has 0 radical (unpaired) electrons. The molecule has 1 aliphatic heterocycles. The first-order chi connectivity index (χ1) is 11.1. The Morgan fingerprint density at radius 2 is 2.22 bits per heavy atom. The summed E-state index contributed by atoms with van der Waals surface area (Å²) in [5, 5.41) is 3.15. The fourth-order valence-corrected chi connectivity index (χ4v) is 3.71. The van der Waals surface area contributed by atoms with Gasteiger partial charge >= 0.3 is 0 Å². The van der Waals surface area contributed by atoms with Crippen molar-refractivity contribution in [2.24, 2.45) is 4.99 Å². The van der Waals surface area contributed by atoms with Crippen LogP contribution in [-0.2, 0) is 4.79 Å². The van der Waals surface area contributed by atoms with Crippen LogP contribution in [0.5, 0.6) is 5.75 Å². The number of aromatic nitrogens is 1. The summed E-state index contributed by atoms with van der Waals surface area (Å²) in [4.78, 5) is 23.3. The SMILES string of the molecule is COc1cccc(/C(C)=C2\S/C(=N/c3nccs3)N(C)C2=O)c1. The molecule has 23 heavy (non-hydrogen) atoms. The molecule has 0 saturated carbocycles. The number of ether oxygens (including phenoxy) is 1. The van der Waals surface area contributed by atoms with Crippen LogP contribution in [0.2, 0.25) is 0 Å². The summed E-state index contributed by atoms with van der Waals surface area (Å²) in [6.45, 7) is 1.94. The van der Waals surface area contributed by atoms with E-state index in [0.717, 1.165) is 16.9 Å². The molecule has 0 unspecified atom stereocenters. The van der Waals surface area contributed by atoms with Gasteiger partial charge in [-0.2, -0.15) is 4.99 Å². The number of nitrogens with zero attached hydrogens (tertiary/aromatic N) is 3. The van der Waals surface area contributed by atoms with Crippen molar-refractivity contribution in [3.05, 3.63) is 46.3 Å². The molecule has 0 N–H and O–H groups in total. The van der Waals surface area contributed by atoms with Gasteiger partial charge in [-0.1, -0.05) is 12.1 Å². The summed E-state index contributed by atoms with van der Waals surface area (Å²) < 4.78 is 5.25. The van der Waals surface area contributed by atoms with Crippen molar-refractivity contribution in [3.63, 3.8) is 0 Å². The van der Waals surface area contributed by atoms with Crippen LogP contribution >= 0.6 is 23.1 Å². The largest absolute Gasteiger partial charge is 0.497 e. The molecule has 1 aromatic heterocycles. The molecule has 0 aliphatic carbocycles. The van der Waals surface area contributed by atoms with Crippen LogP contribution in [0.1, 0.15) is 12.5 Å². The van der Waals surface area contributed by atoms with Crippen molar-refractivity contribution in [3.8, 4) is 5.75 Å². The molecule has 1 saturated heterocycles. The molecular weight excluding hydrogens is 330 g/mol. The molecule has 7 heteroatoms. The number of benzene rings is 1. The van der Waals surface area contributed by atoms with Gasteiger partial charge in [-0.05, 0) is 42.0 Å². The second-order valence-electron chi connectivity index (χ2n) is 4.86. The summed E-state index contributed by atoms with van der Waals surface area (Å²) in [6.07, 6.45) is 1.70. The molecule has 5 nitrogen and oxygen atoms in total. The molecule has 2 aromatic rings. The summed E-state index contributed by atoms with van der Waals surface area (Å²) in [6, 6.07) is 7.68. The van der Waals surface area contributed by atoms with E-state index in [1.165, 1.54) is 23.1 Å². The highest BCUT2D eigenvalue weighted by Crippen LogP contribution is 2.37. The molecule has 3 rings (SSSR count). The molecule has 0 spiro atoms. The van der Waals surface area contributed by atoms with Gasteiger partial charge in [-0.15, -0.1) is 11.3 Å². The molecular formula is C16H15N3O2S2. The first kappa shape index (κ1) is 15.8. The highest BCUT2D eigenvalue weighted by atomic mass is 32.2. The normalized spacial score (nSPS) is 18.7. The van der Waals surface area contributed by atoms with E-state index >= 15 is 0 Å². The first-order valence-corrected chi connectivity index (χ1v) is 8.59. The number of rotatable bonds is 3. The van der Waals surface area contributed by atoms with E-state index in [0.29, 0.717) is 15.2 Å². The van der Waals surface area contributed by atoms with Crippen molar-refractivity contribution in [2.75, 3.05) is 14.2 Å². The molecule has 1 fully saturated rings. The van der Waals surface area contributed by atoms with Crippen molar-refractivity contribution >= 4 is 44.9 Å². The van der Waals surface area contributed by atoms with Crippen LogP contribution in [0.3, 0.4) is 0 Å². The van der Waals surface area contributed by atoms with Crippen LogP contribution in [-0.4, -0.2) is 35.1 Å². The number of thiazole rings is 1. The lowest BCUT2D eigenvalue weighted by molar-refractivity contribution is -0.121. The predicted octanol–water partition coefficient (Wildman–Crippen LogP) is 3.78. The minimum absolute atomic E-state index is 0.0503. The fourth-order valence-electron chi connectivity index (χ4n) is 2.12. The summed E-state index contributed by atoms with van der Waals surface area (Å²) in [5.41, 5.74) is 1.87. The van der Waals surface area contributed by atoms with Gasteiger partial charge < -0.3 is 4.74 Å². The zero-order valence-electron chi connectivity index (χ0n) is 12.9. The van der Waals surface area contributed by atoms with Gasteiger partial charge in [0, 0.05) is 18.6 Å². The average Bonchev–Trinajstić information content (AvgIpc) is 3.18. The van der Waals surface area contributed by atoms with E-state index in [2.05, 4.69) is 9.98 Å². The molecule has 2 heterocycles. The number of hydrogen-bond donors (Lipinski definition) is 0. The number of hydrogen-bond acceptors (Lipinski definition) is 6. The summed E-state index contributed by atoms with van der Waals surface area (Å²) in [7, 11) is 3.36. The molecule has 0 bridgehead atoms. The third-order valence-corrected chi connectivity index (χ3v) is 5.33. The Morgan fingerprint density at radius 1 is 1.39 bits per heavy atom. The highest BCUT2D eigenvalue weighted by molar-refractivity contribution is 8.18. The van der Waals surface area contributed by atoms with E-state index < -0.39 is 0 Å². The van der Waals surface area contributed by atoms with E-state index in [4.69, 9.17) is 4.74 Å². The molecule has 1 aromatic carbocycles. The molecule has 1 aliphatic rings. The lowest BCUT2D eigenvalue weighted by Gasteiger charge is -2.07. The standard InChI is InChI=1S/C16H15N3O2S2/c1-10(11-5-4-6-12(9-11)21-3)13-14(20)19(2)16(23-13)18-15-17-7-8-22-15/h4-9H,1-3H3/b13-10-,18-16+. The fraction of sp³-hybridized carbons (Fsp3) is 0.188. The van der Waals surface area contributed by atoms with Crippen LogP contribution < -0.4 is 4.74 Å². The average molecular weight is 345 g/mol. The predicted molar refractivity (Wildman–Crippen MR) is 95.2 cm³/mol.